The summed E-state index contributed by atoms with van der Waals surface area (Å²) in [5.74, 6) is 1.43. The van der Waals surface area contributed by atoms with Crippen molar-refractivity contribution < 1.29 is 14.1 Å². The molecule has 8 heteroatoms. The first kappa shape index (κ1) is 19.8. The van der Waals surface area contributed by atoms with E-state index in [0.717, 1.165) is 25.8 Å². The van der Waals surface area contributed by atoms with E-state index in [1.807, 2.05) is 0 Å². The van der Waals surface area contributed by atoms with Gasteiger partial charge in [0.2, 0.25) is 17.7 Å². The van der Waals surface area contributed by atoms with Gasteiger partial charge in [0.15, 0.2) is 5.82 Å². The Labute approximate surface area is 160 Å². The third-order valence-electron chi connectivity index (χ3n) is 5.43. The van der Waals surface area contributed by atoms with E-state index in [-0.39, 0.29) is 30.8 Å². The van der Waals surface area contributed by atoms with Crippen LogP contribution in [0, 0.1) is 5.92 Å². The quantitative estimate of drug-likeness (QED) is 0.771. The number of aromatic nitrogens is 2. The van der Waals surface area contributed by atoms with Crippen LogP contribution in [0.15, 0.2) is 4.52 Å². The number of carbonyl (C=O) groups is 2. The lowest BCUT2D eigenvalue weighted by molar-refractivity contribution is -0.139. The molecule has 0 unspecified atom stereocenters. The number of piperazine rings is 1. The van der Waals surface area contributed by atoms with Gasteiger partial charge >= 0.3 is 0 Å². The molecule has 1 aromatic rings. The molecule has 27 heavy (non-hydrogen) atoms. The molecule has 2 amide bonds. The van der Waals surface area contributed by atoms with E-state index in [2.05, 4.69) is 34.2 Å². The lowest BCUT2D eigenvalue weighted by Gasteiger charge is -2.39. The van der Waals surface area contributed by atoms with E-state index in [4.69, 9.17) is 4.52 Å². The molecule has 3 rings (SSSR count). The summed E-state index contributed by atoms with van der Waals surface area (Å²) in [4.78, 5) is 33.3. The molecule has 1 saturated heterocycles. The molecular weight excluding hydrogens is 346 g/mol. The second-order valence-corrected chi connectivity index (χ2v) is 8.14. The van der Waals surface area contributed by atoms with Gasteiger partial charge in [0.05, 0.1) is 19.0 Å². The van der Waals surface area contributed by atoms with Crippen LogP contribution in [0.4, 0.5) is 0 Å². The molecule has 1 aromatic heterocycles. The third-order valence-corrected chi connectivity index (χ3v) is 5.43. The average Bonchev–Trinajstić information content (AvgIpc) is 3.28. The van der Waals surface area contributed by atoms with Crippen LogP contribution in [0.2, 0.25) is 0 Å². The molecule has 0 bridgehead atoms. The molecule has 8 nitrogen and oxygen atoms in total. The first-order valence-electron chi connectivity index (χ1n) is 10.0. The van der Waals surface area contributed by atoms with E-state index in [1.54, 1.807) is 11.9 Å². The second kappa shape index (κ2) is 8.82. The third kappa shape index (κ3) is 5.06. The minimum Gasteiger partial charge on any atom is -0.353 e. The minimum atomic E-state index is -0.379. The smallest absolute Gasteiger partial charge is 0.246 e. The first-order valence-corrected chi connectivity index (χ1v) is 10.0. The number of hydrogen-bond donors (Lipinski definition) is 1. The van der Waals surface area contributed by atoms with Crippen molar-refractivity contribution in [1.29, 1.82) is 0 Å². The number of amides is 2. The van der Waals surface area contributed by atoms with Gasteiger partial charge < -0.3 is 14.7 Å². The second-order valence-electron chi connectivity index (χ2n) is 8.14. The van der Waals surface area contributed by atoms with Crippen LogP contribution in [-0.4, -0.2) is 64.0 Å². The Hall–Kier alpha value is -1.96. The Morgan fingerprint density at radius 2 is 2.11 bits per heavy atom. The van der Waals surface area contributed by atoms with Crippen molar-refractivity contribution in [2.24, 2.45) is 5.92 Å². The molecule has 2 heterocycles. The van der Waals surface area contributed by atoms with Gasteiger partial charge in [0, 0.05) is 32.6 Å². The molecule has 1 saturated carbocycles. The van der Waals surface area contributed by atoms with E-state index >= 15 is 0 Å². The molecule has 2 fully saturated rings. The van der Waals surface area contributed by atoms with Crippen LogP contribution in [-0.2, 0) is 22.6 Å². The van der Waals surface area contributed by atoms with E-state index in [9.17, 15) is 9.59 Å². The van der Waals surface area contributed by atoms with Crippen molar-refractivity contribution in [3.05, 3.63) is 11.7 Å². The maximum absolute atomic E-state index is 12.7. The van der Waals surface area contributed by atoms with Crippen LogP contribution >= 0.6 is 0 Å². The number of hydrogen-bond acceptors (Lipinski definition) is 6. The standard InChI is InChI=1S/C19H31N5O3/c1-13(2)10-16-21-17(27-22-16)12-23(3)18(25)11-15-19(26)20-8-9-24(15)14-6-4-5-7-14/h13-15H,4-12H2,1-3H3,(H,20,26)/t15-/m0/s1. The molecule has 1 aliphatic heterocycles. The number of nitrogens with zero attached hydrogens (tertiary/aromatic N) is 4. The van der Waals surface area contributed by atoms with E-state index in [0.29, 0.717) is 30.2 Å². The van der Waals surface area contributed by atoms with Gasteiger partial charge in [-0.2, -0.15) is 4.98 Å². The highest BCUT2D eigenvalue weighted by atomic mass is 16.5. The lowest BCUT2D eigenvalue weighted by atomic mass is 10.0. The molecule has 1 atom stereocenters. The van der Waals surface area contributed by atoms with Crippen molar-refractivity contribution in [1.82, 2.24) is 25.3 Å². The largest absolute Gasteiger partial charge is 0.353 e. The van der Waals surface area contributed by atoms with Crippen molar-refractivity contribution in [2.45, 2.75) is 71.0 Å². The normalized spacial score (nSPS) is 21.6. The van der Waals surface area contributed by atoms with Crippen LogP contribution in [0.5, 0.6) is 0 Å². The fourth-order valence-corrected chi connectivity index (χ4v) is 4.03. The van der Waals surface area contributed by atoms with Crippen LogP contribution in [0.25, 0.3) is 0 Å². The topological polar surface area (TPSA) is 91.6 Å². The zero-order valence-electron chi connectivity index (χ0n) is 16.6. The van der Waals surface area contributed by atoms with Gasteiger partial charge in [-0.3, -0.25) is 14.5 Å². The van der Waals surface area contributed by atoms with Crippen LogP contribution in [0.3, 0.4) is 0 Å². The monoisotopic (exact) mass is 377 g/mol. The van der Waals surface area contributed by atoms with Crippen molar-refractivity contribution in [3.8, 4) is 0 Å². The summed E-state index contributed by atoms with van der Waals surface area (Å²) in [6.45, 7) is 5.94. The van der Waals surface area contributed by atoms with Crippen LogP contribution < -0.4 is 5.32 Å². The molecule has 1 N–H and O–H groups in total. The van der Waals surface area contributed by atoms with Crippen molar-refractivity contribution >= 4 is 11.8 Å². The summed E-state index contributed by atoms with van der Waals surface area (Å²) >= 11 is 0. The molecular formula is C19H31N5O3. The predicted octanol–water partition coefficient (Wildman–Crippen LogP) is 1.36. The SMILES string of the molecule is CC(C)Cc1noc(CN(C)C(=O)C[C@H]2C(=O)NCCN2C2CCCC2)n1. The molecule has 0 radical (unpaired) electrons. The van der Waals surface area contributed by atoms with Gasteiger partial charge in [-0.05, 0) is 18.8 Å². The average molecular weight is 377 g/mol. The van der Waals surface area contributed by atoms with Gasteiger partial charge in [-0.15, -0.1) is 0 Å². The number of carbonyl (C=O) groups excluding carboxylic acids is 2. The molecule has 2 aliphatic rings. The Balaban J connectivity index is 1.58. The minimum absolute atomic E-state index is 0.0353. The van der Waals surface area contributed by atoms with E-state index in [1.165, 1.54) is 12.8 Å². The van der Waals surface area contributed by atoms with Crippen molar-refractivity contribution in [3.63, 3.8) is 0 Å². The maximum atomic E-state index is 12.7. The summed E-state index contributed by atoms with van der Waals surface area (Å²) in [6, 6.07) is 0.0460. The van der Waals surface area contributed by atoms with Crippen LogP contribution in [0.1, 0.15) is 57.7 Å². The zero-order chi connectivity index (χ0) is 19.4. The number of nitrogens with one attached hydrogen (secondary N) is 1. The summed E-state index contributed by atoms with van der Waals surface area (Å²) in [5.41, 5.74) is 0. The molecule has 150 valence electrons. The van der Waals surface area contributed by atoms with Gasteiger partial charge in [0.25, 0.3) is 0 Å². The Bertz CT molecular complexity index is 654. The molecule has 0 aromatic carbocycles. The lowest BCUT2D eigenvalue weighted by Crippen LogP contribution is -2.59. The highest BCUT2D eigenvalue weighted by Gasteiger charge is 2.37. The zero-order valence-corrected chi connectivity index (χ0v) is 16.6. The fourth-order valence-electron chi connectivity index (χ4n) is 4.03. The Kier molecular flexibility index (Phi) is 6.46. The first-order chi connectivity index (χ1) is 12.9. The highest BCUT2D eigenvalue weighted by molar-refractivity contribution is 5.88. The fraction of sp³-hybridized carbons (Fsp3) is 0.789. The Morgan fingerprint density at radius 1 is 1.37 bits per heavy atom. The summed E-state index contributed by atoms with van der Waals surface area (Å²) in [5, 5.41) is 6.87. The summed E-state index contributed by atoms with van der Waals surface area (Å²) < 4.78 is 5.26. The molecule has 1 aliphatic carbocycles. The molecule has 0 spiro atoms. The van der Waals surface area contributed by atoms with E-state index < -0.39 is 0 Å². The van der Waals surface area contributed by atoms with Crippen molar-refractivity contribution in [2.75, 3.05) is 20.1 Å². The van der Waals surface area contributed by atoms with Gasteiger partial charge in [-0.25, -0.2) is 0 Å². The number of rotatable bonds is 7. The summed E-state index contributed by atoms with van der Waals surface area (Å²) in [6.07, 6.45) is 5.59. The Morgan fingerprint density at radius 3 is 2.81 bits per heavy atom. The summed E-state index contributed by atoms with van der Waals surface area (Å²) in [7, 11) is 1.72. The highest BCUT2D eigenvalue weighted by Crippen LogP contribution is 2.27. The van der Waals surface area contributed by atoms with Gasteiger partial charge in [-0.1, -0.05) is 31.8 Å². The maximum Gasteiger partial charge on any atom is 0.246 e. The van der Waals surface area contributed by atoms with Gasteiger partial charge in [0.1, 0.15) is 0 Å². The predicted molar refractivity (Wildman–Crippen MR) is 99.7 cm³/mol.